The molecule has 1 aliphatic rings. The van der Waals surface area contributed by atoms with Crippen molar-refractivity contribution in [2.24, 2.45) is 10.4 Å². The summed E-state index contributed by atoms with van der Waals surface area (Å²) in [4.78, 5) is 4.75. The molecule has 6 heteroatoms. The Morgan fingerprint density at radius 2 is 1.92 bits per heavy atom. The summed E-state index contributed by atoms with van der Waals surface area (Å²) >= 11 is 0. The topological polar surface area (TPSA) is 45.7 Å². The number of guanidine groups is 1. The maximum atomic E-state index is 12.9. The molecule has 0 amide bonds. The van der Waals surface area contributed by atoms with Crippen molar-refractivity contribution in [1.29, 1.82) is 0 Å². The van der Waals surface area contributed by atoms with Crippen LogP contribution in [-0.4, -0.2) is 38.8 Å². The van der Waals surface area contributed by atoms with Crippen LogP contribution >= 0.6 is 24.0 Å². The normalized spacial score (nSPS) is 15.4. The molecule has 0 aliphatic heterocycles. The largest absolute Gasteiger partial charge is 0.382 e. The fourth-order valence-corrected chi connectivity index (χ4v) is 2.66. The molecule has 1 aromatic carbocycles. The molecule has 0 bridgehead atoms. The van der Waals surface area contributed by atoms with Gasteiger partial charge in [0.2, 0.25) is 0 Å². The molecule has 1 aromatic rings. The first kappa shape index (κ1) is 22.2. The van der Waals surface area contributed by atoms with Crippen LogP contribution in [0.25, 0.3) is 0 Å². The standard InChI is InChI=1S/C19H30FN3O.HI/c1-3-21-18(22-13-9-16-5-7-17(20)8-6-16)23-15-19(10-11-19)12-14-24-4-2;/h5-8H,3-4,9-15H2,1-2H3,(H2,21,22,23);1H. The van der Waals surface area contributed by atoms with E-state index in [2.05, 4.69) is 17.6 Å². The van der Waals surface area contributed by atoms with E-state index in [0.29, 0.717) is 5.41 Å². The monoisotopic (exact) mass is 463 g/mol. The molecular weight excluding hydrogens is 432 g/mol. The molecule has 1 saturated carbocycles. The van der Waals surface area contributed by atoms with Gasteiger partial charge in [-0.25, -0.2) is 4.39 Å². The van der Waals surface area contributed by atoms with E-state index in [4.69, 9.17) is 9.73 Å². The van der Waals surface area contributed by atoms with Crippen molar-refractivity contribution in [3.05, 3.63) is 35.6 Å². The van der Waals surface area contributed by atoms with Crippen LogP contribution in [0, 0.1) is 11.2 Å². The van der Waals surface area contributed by atoms with E-state index >= 15 is 0 Å². The molecule has 25 heavy (non-hydrogen) atoms. The smallest absolute Gasteiger partial charge is 0.191 e. The second-order valence-corrected chi connectivity index (χ2v) is 6.45. The molecular formula is C19H31FIN3O. The van der Waals surface area contributed by atoms with Crippen LogP contribution in [0.1, 0.15) is 38.7 Å². The van der Waals surface area contributed by atoms with Crippen LogP contribution in [0.3, 0.4) is 0 Å². The third kappa shape index (κ3) is 8.35. The van der Waals surface area contributed by atoms with Gasteiger partial charge in [0.1, 0.15) is 5.82 Å². The van der Waals surface area contributed by atoms with Gasteiger partial charge in [-0.1, -0.05) is 12.1 Å². The van der Waals surface area contributed by atoms with E-state index in [1.165, 1.54) is 25.0 Å². The van der Waals surface area contributed by atoms with E-state index in [1.807, 2.05) is 19.1 Å². The lowest BCUT2D eigenvalue weighted by Gasteiger charge is -2.15. The summed E-state index contributed by atoms with van der Waals surface area (Å²) in [6.45, 7) is 8.20. The molecule has 0 saturated heterocycles. The molecule has 0 unspecified atom stereocenters. The number of nitrogens with zero attached hydrogens (tertiary/aromatic N) is 1. The first-order valence-corrected chi connectivity index (χ1v) is 9.02. The fraction of sp³-hybridized carbons (Fsp3) is 0.632. The van der Waals surface area contributed by atoms with Crippen molar-refractivity contribution in [3.8, 4) is 0 Å². The van der Waals surface area contributed by atoms with Gasteiger partial charge in [-0.05, 0) is 62.6 Å². The van der Waals surface area contributed by atoms with Crippen LogP contribution in [0.4, 0.5) is 4.39 Å². The van der Waals surface area contributed by atoms with Crippen LogP contribution in [-0.2, 0) is 11.2 Å². The minimum Gasteiger partial charge on any atom is -0.382 e. The number of ether oxygens (including phenoxy) is 1. The van der Waals surface area contributed by atoms with Gasteiger partial charge in [0.25, 0.3) is 0 Å². The minimum atomic E-state index is -0.191. The molecule has 0 atom stereocenters. The average Bonchev–Trinajstić information content (AvgIpc) is 3.35. The Bertz CT molecular complexity index is 518. The number of benzene rings is 1. The van der Waals surface area contributed by atoms with Crippen molar-refractivity contribution >= 4 is 29.9 Å². The average molecular weight is 463 g/mol. The second-order valence-electron chi connectivity index (χ2n) is 6.45. The van der Waals surface area contributed by atoms with Gasteiger partial charge < -0.3 is 15.4 Å². The molecule has 0 spiro atoms. The summed E-state index contributed by atoms with van der Waals surface area (Å²) in [5.74, 6) is 0.672. The third-order valence-corrected chi connectivity index (χ3v) is 4.47. The van der Waals surface area contributed by atoms with Crippen molar-refractivity contribution < 1.29 is 9.13 Å². The van der Waals surface area contributed by atoms with Crippen molar-refractivity contribution in [1.82, 2.24) is 10.6 Å². The molecule has 4 nitrogen and oxygen atoms in total. The summed E-state index contributed by atoms with van der Waals surface area (Å²) in [5, 5.41) is 6.66. The van der Waals surface area contributed by atoms with Gasteiger partial charge in [-0.15, -0.1) is 24.0 Å². The molecule has 2 rings (SSSR count). The van der Waals surface area contributed by atoms with Gasteiger partial charge in [-0.2, -0.15) is 0 Å². The maximum absolute atomic E-state index is 12.9. The predicted molar refractivity (Wildman–Crippen MR) is 112 cm³/mol. The molecule has 0 aromatic heterocycles. The molecule has 0 radical (unpaired) electrons. The van der Waals surface area contributed by atoms with Crippen LogP contribution < -0.4 is 10.6 Å². The van der Waals surface area contributed by atoms with Gasteiger partial charge >= 0.3 is 0 Å². The summed E-state index contributed by atoms with van der Waals surface area (Å²) in [6, 6.07) is 6.66. The Kier molecular flexibility index (Phi) is 10.3. The molecule has 142 valence electrons. The first-order chi connectivity index (χ1) is 11.7. The summed E-state index contributed by atoms with van der Waals surface area (Å²) in [5.41, 5.74) is 1.48. The second kappa shape index (κ2) is 11.7. The lowest BCUT2D eigenvalue weighted by molar-refractivity contribution is 0.129. The Hall–Kier alpha value is -0.890. The third-order valence-electron chi connectivity index (χ3n) is 4.47. The number of nitrogens with one attached hydrogen (secondary N) is 2. The van der Waals surface area contributed by atoms with Crippen LogP contribution in [0.5, 0.6) is 0 Å². The number of halogens is 2. The number of hydrogen-bond donors (Lipinski definition) is 2. The van der Waals surface area contributed by atoms with E-state index in [9.17, 15) is 4.39 Å². The highest BCUT2D eigenvalue weighted by Gasteiger charge is 2.41. The molecule has 1 fully saturated rings. The molecule has 1 aliphatic carbocycles. The molecule has 2 N–H and O–H groups in total. The highest BCUT2D eigenvalue weighted by atomic mass is 127. The van der Waals surface area contributed by atoms with Crippen molar-refractivity contribution in [2.75, 3.05) is 32.8 Å². The van der Waals surface area contributed by atoms with E-state index in [1.54, 1.807) is 0 Å². The van der Waals surface area contributed by atoms with E-state index in [0.717, 1.165) is 57.2 Å². The fourth-order valence-electron chi connectivity index (χ4n) is 2.66. The lowest BCUT2D eigenvalue weighted by Crippen LogP contribution is -2.38. The summed E-state index contributed by atoms with van der Waals surface area (Å²) < 4.78 is 18.4. The highest BCUT2D eigenvalue weighted by Crippen LogP contribution is 2.48. The Balaban J connectivity index is 0.00000312. The van der Waals surface area contributed by atoms with Crippen molar-refractivity contribution in [2.45, 2.75) is 39.5 Å². The zero-order chi connectivity index (χ0) is 17.3. The number of aliphatic imine (C=N–C) groups is 1. The van der Waals surface area contributed by atoms with E-state index in [-0.39, 0.29) is 29.8 Å². The number of rotatable bonds is 10. The molecule has 0 heterocycles. The lowest BCUT2D eigenvalue weighted by atomic mass is 10.0. The van der Waals surface area contributed by atoms with Crippen molar-refractivity contribution in [3.63, 3.8) is 0 Å². The van der Waals surface area contributed by atoms with Gasteiger partial charge in [0.05, 0.1) is 0 Å². The van der Waals surface area contributed by atoms with Crippen LogP contribution in [0.2, 0.25) is 0 Å². The zero-order valence-corrected chi connectivity index (χ0v) is 17.6. The predicted octanol–water partition coefficient (Wildman–Crippen LogP) is 3.75. The van der Waals surface area contributed by atoms with Gasteiger partial charge in [0.15, 0.2) is 5.96 Å². The van der Waals surface area contributed by atoms with Gasteiger partial charge in [-0.3, -0.25) is 4.99 Å². The maximum Gasteiger partial charge on any atom is 0.191 e. The quantitative estimate of drug-likeness (QED) is 0.241. The minimum absolute atomic E-state index is 0. The van der Waals surface area contributed by atoms with E-state index < -0.39 is 0 Å². The summed E-state index contributed by atoms with van der Waals surface area (Å²) in [6.07, 6.45) is 4.44. The Morgan fingerprint density at radius 3 is 2.52 bits per heavy atom. The SMILES string of the molecule is CCNC(=NCC1(CCOCC)CC1)NCCc1ccc(F)cc1.I. The number of hydrogen-bond acceptors (Lipinski definition) is 2. The first-order valence-electron chi connectivity index (χ1n) is 9.02. The summed E-state index contributed by atoms with van der Waals surface area (Å²) in [7, 11) is 0. The van der Waals surface area contributed by atoms with Crippen LogP contribution in [0.15, 0.2) is 29.3 Å². The zero-order valence-electron chi connectivity index (χ0n) is 15.3. The Labute approximate surface area is 168 Å². The Morgan fingerprint density at radius 1 is 1.20 bits per heavy atom. The highest BCUT2D eigenvalue weighted by molar-refractivity contribution is 14.0. The van der Waals surface area contributed by atoms with Gasteiger partial charge in [0, 0.05) is 32.8 Å².